The van der Waals surface area contributed by atoms with Crippen LogP contribution in [0.2, 0.25) is 0 Å². The summed E-state index contributed by atoms with van der Waals surface area (Å²) in [6, 6.07) is 0. The summed E-state index contributed by atoms with van der Waals surface area (Å²) < 4.78 is 0. The van der Waals surface area contributed by atoms with Crippen molar-refractivity contribution in [2.75, 3.05) is 0 Å². The smallest absolute Gasteiger partial charge is 0.537 e. The Labute approximate surface area is 183 Å². The Morgan fingerprint density at radius 1 is 0.720 bits per heavy atom. The van der Waals surface area contributed by atoms with Gasteiger partial charge in [0.2, 0.25) is 0 Å². The summed E-state index contributed by atoms with van der Waals surface area (Å²) >= 11 is 0. The van der Waals surface area contributed by atoms with Gasteiger partial charge in [-0.15, -0.1) is 0 Å². The van der Waals surface area contributed by atoms with E-state index in [9.17, 15) is 19.8 Å². The average Bonchev–Trinajstić information content (AvgIpc) is 2.35. The molecule has 0 bridgehead atoms. The number of carbonyl (C=O) groups is 2. The van der Waals surface area contributed by atoms with Gasteiger partial charge in [0.25, 0.3) is 0 Å². The van der Waals surface area contributed by atoms with Gasteiger partial charge in [0.05, 0.1) is 0 Å². The standard InChI is InChI=1S/2C10H16O2.Ca/c2*1-10(2,3)8-6-4-5-7-9(11)12;/h2*4,6,8H2,1-3H3,(H,11,12);/q;;+2/p-2. The maximum absolute atomic E-state index is 9.87. The summed E-state index contributed by atoms with van der Waals surface area (Å²) in [5.74, 6) is 6.49. The van der Waals surface area contributed by atoms with E-state index in [1.165, 1.54) is 0 Å². The maximum Gasteiger partial charge on any atom is 2.00 e. The molecule has 0 aliphatic heterocycles. The Morgan fingerprint density at radius 3 is 1.20 bits per heavy atom. The van der Waals surface area contributed by atoms with Gasteiger partial charge in [-0.3, -0.25) is 0 Å². The molecule has 0 unspecified atom stereocenters. The van der Waals surface area contributed by atoms with Crippen molar-refractivity contribution in [1.82, 2.24) is 0 Å². The zero-order chi connectivity index (χ0) is 19.2. The Bertz CT molecular complexity index is 454. The summed E-state index contributed by atoms with van der Waals surface area (Å²) in [5.41, 5.74) is 0.617. The molecular formula is C20H30CaO4. The molecule has 4 nitrogen and oxygen atoms in total. The van der Waals surface area contributed by atoms with E-state index in [1.54, 1.807) is 0 Å². The Kier molecular flexibility index (Phi) is 18.1. The molecule has 5 heteroatoms. The van der Waals surface area contributed by atoms with Crippen molar-refractivity contribution in [3.63, 3.8) is 0 Å². The molecule has 0 aliphatic carbocycles. The molecular weight excluding hydrogens is 344 g/mol. The SMILES string of the molecule is CC(C)(C)CCCC#CC(=O)[O-].CC(C)(C)CCCC#CC(=O)[O-].[Ca+2]. The van der Waals surface area contributed by atoms with E-state index in [4.69, 9.17) is 0 Å². The van der Waals surface area contributed by atoms with Gasteiger partial charge >= 0.3 is 37.7 Å². The third-order valence-corrected chi connectivity index (χ3v) is 2.84. The molecule has 0 aliphatic rings. The molecule has 0 aromatic heterocycles. The molecule has 0 spiro atoms. The van der Waals surface area contributed by atoms with Crippen molar-refractivity contribution in [1.29, 1.82) is 0 Å². The van der Waals surface area contributed by atoms with Crippen LogP contribution in [-0.2, 0) is 9.59 Å². The Morgan fingerprint density at radius 2 is 1.00 bits per heavy atom. The van der Waals surface area contributed by atoms with Crippen molar-refractivity contribution in [3.05, 3.63) is 0 Å². The second-order valence-corrected chi connectivity index (χ2v) is 8.01. The van der Waals surface area contributed by atoms with Gasteiger partial charge in [0.15, 0.2) is 0 Å². The maximum atomic E-state index is 9.87. The third-order valence-electron chi connectivity index (χ3n) is 2.84. The molecule has 0 atom stereocenters. The van der Waals surface area contributed by atoms with Crippen LogP contribution in [0.1, 0.15) is 80.1 Å². The monoisotopic (exact) mass is 374 g/mol. The van der Waals surface area contributed by atoms with E-state index in [0.717, 1.165) is 25.7 Å². The summed E-state index contributed by atoms with van der Waals surface area (Å²) in [6.45, 7) is 12.9. The minimum atomic E-state index is -1.29. The number of rotatable bonds is 4. The predicted molar refractivity (Wildman–Crippen MR) is 97.9 cm³/mol. The second kappa shape index (κ2) is 15.6. The molecule has 0 aromatic carbocycles. The molecule has 136 valence electrons. The van der Waals surface area contributed by atoms with Gasteiger partial charge in [-0.05, 0) is 48.4 Å². The minimum absolute atomic E-state index is 0. The third kappa shape index (κ3) is 35.3. The molecule has 0 rings (SSSR count). The Hall–Kier alpha value is -0.680. The fraction of sp³-hybridized carbons (Fsp3) is 0.700. The van der Waals surface area contributed by atoms with Gasteiger partial charge < -0.3 is 19.8 Å². The summed E-state index contributed by atoms with van der Waals surface area (Å²) in [6.07, 6.45) is 5.31. The predicted octanol–water partition coefficient (Wildman–Crippen LogP) is 1.53. The number of hydrogen-bond donors (Lipinski definition) is 0. The molecule has 25 heavy (non-hydrogen) atoms. The first kappa shape index (κ1) is 29.1. The zero-order valence-electron chi connectivity index (χ0n) is 16.6. The minimum Gasteiger partial charge on any atom is -0.537 e. The molecule has 0 N–H and O–H groups in total. The van der Waals surface area contributed by atoms with E-state index >= 15 is 0 Å². The van der Waals surface area contributed by atoms with Gasteiger partial charge in [0.1, 0.15) is 11.9 Å². The molecule has 0 heterocycles. The van der Waals surface area contributed by atoms with Crippen LogP contribution >= 0.6 is 0 Å². The van der Waals surface area contributed by atoms with Crippen LogP contribution in [0.5, 0.6) is 0 Å². The van der Waals surface area contributed by atoms with Gasteiger partial charge in [-0.1, -0.05) is 53.4 Å². The van der Waals surface area contributed by atoms with Crippen molar-refractivity contribution in [3.8, 4) is 23.7 Å². The normalized spacial score (nSPS) is 9.84. The zero-order valence-corrected chi connectivity index (χ0v) is 18.8. The average molecular weight is 375 g/mol. The second-order valence-electron chi connectivity index (χ2n) is 8.01. The van der Waals surface area contributed by atoms with Crippen LogP contribution in [0.3, 0.4) is 0 Å². The van der Waals surface area contributed by atoms with Crippen LogP contribution in [-0.4, -0.2) is 49.7 Å². The fourth-order valence-corrected chi connectivity index (χ4v) is 1.68. The van der Waals surface area contributed by atoms with E-state index in [-0.39, 0.29) is 37.7 Å². The molecule has 0 saturated carbocycles. The van der Waals surface area contributed by atoms with E-state index in [1.807, 2.05) is 11.8 Å². The van der Waals surface area contributed by atoms with Crippen molar-refractivity contribution < 1.29 is 19.8 Å². The molecule has 0 saturated heterocycles. The largest absolute Gasteiger partial charge is 2.00 e. The van der Waals surface area contributed by atoms with Crippen molar-refractivity contribution >= 4 is 49.7 Å². The number of hydrogen-bond acceptors (Lipinski definition) is 4. The van der Waals surface area contributed by atoms with Gasteiger partial charge in [-0.25, -0.2) is 0 Å². The topological polar surface area (TPSA) is 80.3 Å². The van der Waals surface area contributed by atoms with Gasteiger partial charge in [0, 0.05) is 12.8 Å². The molecule has 0 amide bonds. The number of unbranched alkanes of at least 4 members (excludes halogenated alkanes) is 2. The molecule has 0 aromatic rings. The van der Waals surface area contributed by atoms with Crippen molar-refractivity contribution in [2.24, 2.45) is 10.8 Å². The summed E-state index contributed by atoms with van der Waals surface area (Å²) in [7, 11) is 0. The first-order valence-electron chi connectivity index (χ1n) is 8.23. The number of carbonyl (C=O) groups excluding carboxylic acids is 2. The number of carboxylic acid groups (broad SMARTS) is 2. The van der Waals surface area contributed by atoms with E-state index in [2.05, 4.69) is 53.4 Å². The van der Waals surface area contributed by atoms with Crippen LogP contribution in [0.15, 0.2) is 0 Å². The summed E-state index contributed by atoms with van der Waals surface area (Å²) in [4.78, 5) is 19.7. The van der Waals surface area contributed by atoms with Crippen LogP contribution in [0.4, 0.5) is 0 Å². The fourth-order valence-electron chi connectivity index (χ4n) is 1.68. The van der Waals surface area contributed by atoms with Crippen LogP contribution in [0.25, 0.3) is 0 Å². The van der Waals surface area contributed by atoms with E-state index < -0.39 is 11.9 Å². The number of carboxylic acids is 2. The van der Waals surface area contributed by atoms with E-state index in [0.29, 0.717) is 23.7 Å². The quantitative estimate of drug-likeness (QED) is 0.425. The first-order chi connectivity index (χ1) is 10.8. The number of aliphatic carboxylic acids is 2. The molecule has 0 fully saturated rings. The summed E-state index contributed by atoms with van der Waals surface area (Å²) in [5, 5.41) is 19.7. The van der Waals surface area contributed by atoms with Crippen molar-refractivity contribution in [2.45, 2.75) is 80.1 Å². The van der Waals surface area contributed by atoms with Crippen LogP contribution < -0.4 is 10.2 Å². The molecule has 0 radical (unpaired) electrons. The van der Waals surface area contributed by atoms with Gasteiger partial charge in [-0.2, -0.15) is 0 Å². The first-order valence-corrected chi connectivity index (χ1v) is 8.23. The van der Waals surface area contributed by atoms with Crippen LogP contribution in [0, 0.1) is 34.5 Å². The Balaban J connectivity index is -0.000000372.